The zero-order valence-electron chi connectivity index (χ0n) is 14.2. The van der Waals surface area contributed by atoms with Gasteiger partial charge in [0.15, 0.2) is 0 Å². The Kier molecular flexibility index (Phi) is 4.73. The summed E-state index contributed by atoms with van der Waals surface area (Å²) in [6.07, 6.45) is 1.47. The van der Waals surface area contributed by atoms with E-state index in [1.54, 1.807) is 24.3 Å². The molecule has 1 heterocycles. The highest BCUT2D eigenvalue weighted by molar-refractivity contribution is 6.30. The fourth-order valence-corrected chi connectivity index (χ4v) is 2.96. The predicted octanol–water partition coefficient (Wildman–Crippen LogP) is 5.52. The smallest absolute Gasteiger partial charge is 0.271 e. The van der Waals surface area contributed by atoms with E-state index >= 15 is 0 Å². The van der Waals surface area contributed by atoms with Crippen LogP contribution in [0.15, 0.2) is 88.4 Å². The van der Waals surface area contributed by atoms with Gasteiger partial charge in [-0.3, -0.25) is 4.79 Å². The van der Waals surface area contributed by atoms with Crippen molar-refractivity contribution in [3.8, 4) is 11.3 Å². The van der Waals surface area contributed by atoms with Gasteiger partial charge in [0, 0.05) is 16.1 Å². The predicted molar refractivity (Wildman–Crippen MR) is 108 cm³/mol. The lowest BCUT2D eigenvalue weighted by atomic mass is 10.0. The molecule has 0 fully saturated rings. The summed E-state index contributed by atoms with van der Waals surface area (Å²) in [5.41, 5.74) is 4.04. The van der Waals surface area contributed by atoms with Gasteiger partial charge in [-0.1, -0.05) is 48.0 Å². The number of amides is 1. The van der Waals surface area contributed by atoms with Crippen LogP contribution < -0.4 is 5.43 Å². The molecule has 0 saturated heterocycles. The molecule has 132 valence electrons. The van der Waals surface area contributed by atoms with Crippen LogP contribution in [0.4, 0.5) is 0 Å². The number of halogens is 1. The monoisotopic (exact) mass is 374 g/mol. The number of carbonyl (C=O) groups excluding carboxylic acids is 1. The highest BCUT2D eigenvalue weighted by Crippen LogP contribution is 2.23. The first-order valence-electron chi connectivity index (χ1n) is 8.38. The maximum atomic E-state index is 12.4. The van der Waals surface area contributed by atoms with Crippen molar-refractivity contribution in [2.45, 2.75) is 0 Å². The van der Waals surface area contributed by atoms with Gasteiger partial charge in [-0.25, -0.2) is 5.43 Å². The number of benzene rings is 3. The molecule has 0 bridgehead atoms. The van der Waals surface area contributed by atoms with E-state index in [0.29, 0.717) is 22.1 Å². The second-order valence-corrected chi connectivity index (χ2v) is 6.37. The Bertz CT molecular complexity index is 1130. The van der Waals surface area contributed by atoms with Crippen LogP contribution in [-0.2, 0) is 0 Å². The largest absolute Gasteiger partial charge is 0.455 e. The van der Waals surface area contributed by atoms with E-state index in [4.69, 9.17) is 16.0 Å². The molecule has 4 rings (SSSR count). The molecule has 4 aromatic rings. The Balaban J connectivity index is 1.48. The van der Waals surface area contributed by atoms with Crippen molar-refractivity contribution < 1.29 is 9.21 Å². The molecule has 0 radical (unpaired) electrons. The van der Waals surface area contributed by atoms with Crippen molar-refractivity contribution in [2.24, 2.45) is 5.10 Å². The number of fused-ring (bicyclic) bond motifs is 1. The third-order valence-electron chi connectivity index (χ3n) is 4.15. The third kappa shape index (κ3) is 3.76. The van der Waals surface area contributed by atoms with Crippen LogP contribution in [0, 0.1) is 0 Å². The lowest BCUT2D eigenvalue weighted by Gasteiger charge is -2.04. The molecule has 0 unspecified atom stereocenters. The summed E-state index contributed by atoms with van der Waals surface area (Å²) in [5, 5.41) is 6.57. The van der Waals surface area contributed by atoms with Crippen LogP contribution in [0.25, 0.3) is 22.1 Å². The minimum absolute atomic E-state index is 0.271. The number of carbonyl (C=O) groups is 1. The third-order valence-corrected chi connectivity index (χ3v) is 4.40. The van der Waals surface area contributed by atoms with Crippen LogP contribution in [-0.4, -0.2) is 12.1 Å². The molecule has 0 atom stereocenters. The first-order chi connectivity index (χ1) is 13.2. The zero-order chi connectivity index (χ0) is 18.6. The molecule has 1 amide bonds. The molecule has 1 aromatic heterocycles. The number of furan rings is 1. The quantitative estimate of drug-likeness (QED) is 0.378. The maximum Gasteiger partial charge on any atom is 0.271 e. The summed E-state index contributed by atoms with van der Waals surface area (Å²) in [6, 6.07) is 24.3. The van der Waals surface area contributed by atoms with Gasteiger partial charge in [0.05, 0.1) is 6.21 Å². The average molecular weight is 375 g/mol. The number of rotatable bonds is 4. The Morgan fingerprint density at radius 1 is 0.926 bits per heavy atom. The number of nitrogens with zero attached hydrogens (tertiary/aromatic N) is 1. The molecule has 3 aromatic carbocycles. The van der Waals surface area contributed by atoms with Gasteiger partial charge in [-0.05, 0) is 53.2 Å². The zero-order valence-corrected chi connectivity index (χ0v) is 15.0. The molecule has 0 aliphatic rings. The van der Waals surface area contributed by atoms with E-state index in [1.807, 2.05) is 54.6 Å². The summed E-state index contributed by atoms with van der Waals surface area (Å²) < 4.78 is 5.72. The molecule has 0 aliphatic carbocycles. The Labute approximate surface area is 161 Å². The van der Waals surface area contributed by atoms with Crippen molar-refractivity contribution >= 4 is 34.5 Å². The Morgan fingerprint density at radius 2 is 1.70 bits per heavy atom. The van der Waals surface area contributed by atoms with Gasteiger partial charge in [0.2, 0.25) is 0 Å². The second kappa shape index (κ2) is 7.48. The minimum Gasteiger partial charge on any atom is -0.455 e. The van der Waals surface area contributed by atoms with Gasteiger partial charge in [-0.2, -0.15) is 5.10 Å². The summed E-state index contributed by atoms with van der Waals surface area (Å²) >= 11 is 5.90. The van der Waals surface area contributed by atoms with E-state index in [2.05, 4.69) is 10.5 Å². The number of hydrazone groups is 1. The molecule has 0 spiro atoms. The average Bonchev–Trinajstić information content (AvgIpc) is 3.17. The van der Waals surface area contributed by atoms with Crippen molar-refractivity contribution in [1.29, 1.82) is 0 Å². The summed E-state index contributed by atoms with van der Waals surface area (Å²) in [5.74, 6) is 0.971. The fraction of sp³-hybridized carbons (Fsp3) is 0. The molecule has 4 nitrogen and oxygen atoms in total. The van der Waals surface area contributed by atoms with Crippen molar-refractivity contribution in [3.63, 3.8) is 0 Å². The molecular weight excluding hydrogens is 360 g/mol. The van der Waals surface area contributed by atoms with Gasteiger partial charge in [0.1, 0.15) is 11.5 Å². The van der Waals surface area contributed by atoms with E-state index in [9.17, 15) is 4.79 Å². The summed E-state index contributed by atoms with van der Waals surface area (Å²) in [4.78, 5) is 12.4. The Morgan fingerprint density at radius 3 is 2.56 bits per heavy atom. The van der Waals surface area contributed by atoms with Gasteiger partial charge < -0.3 is 4.42 Å². The highest BCUT2D eigenvalue weighted by Gasteiger charge is 2.08. The Hall–Kier alpha value is -3.37. The normalized spacial score (nSPS) is 11.1. The molecular formula is C22H15ClN2O2. The van der Waals surface area contributed by atoms with Crippen LogP contribution in [0.3, 0.4) is 0 Å². The van der Waals surface area contributed by atoms with Crippen molar-refractivity contribution in [1.82, 2.24) is 5.43 Å². The van der Waals surface area contributed by atoms with E-state index in [0.717, 1.165) is 16.3 Å². The van der Waals surface area contributed by atoms with E-state index in [-0.39, 0.29) is 5.91 Å². The highest BCUT2D eigenvalue weighted by atomic mass is 35.5. The van der Waals surface area contributed by atoms with Gasteiger partial charge >= 0.3 is 0 Å². The second-order valence-electron chi connectivity index (χ2n) is 5.93. The van der Waals surface area contributed by atoms with Crippen LogP contribution >= 0.6 is 11.6 Å². The lowest BCUT2D eigenvalue weighted by molar-refractivity contribution is 0.0957. The van der Waals surface area contributed by atoms with Crippen LogP contribution in [0.1, 0.15) is 16.1 Å². The van der Waals surface area contributed by atoms with E-state index in [1.165, 1.54) is 6.21 Å². The summed E-state index contributed by atoms with van der Waals surface area (Å²) in [6.45, 7) is 0. The van der Waals surface area contributed by atoms with E-state index < -0.39 is 0 Å². The molecule has 1 N–H and O–H groups in total. The topological polar surface area (TPSA) is 54.6 Å². The number of nitrogens with one attached hydrogen (secondary N) is 1. The molecule has 5 heteroatoms. The van der Waals surface area contributed by atoms with Crippen molar-refractivity contribution in [3.05, 3.63) is 95.2 Å². The fourth-order valence-electron chi connectivity index (χ4n) is 2.83. The maximum absolute atomic E-state index is 12.4. The van der Waals surface area contributed by atoms with Crippen LogP contribution in [0.5, 0.6) is 0 Å². The summed E-state index contributed by atoms with van der Waals surface area (Å²) in [7, 11) is 0. The first kappa shape index (κ1) is 17.1. The standard InChI is InChI=1S/C22H15ClN2O2/c23-17-10-8-16(9-11-17)21-13-12-18(27-21)14-24-25-22(26)20-7-3-5-15-4-1-2-6-19(15)20/h1-14H,(H,25,26)/b24-14-. The molecule has 0 aliphatic heterocycles. The van der Waals surface area contributed by atoms with Gasteiger partial charge in [-0.15, -0.1) is 0 Å². The lowest BCUT2D eigenvalue weighted by Crippen LogP contribution is -2.17. The van der Waals surface area contributed by atoms with Gasteiger partial charge in [0.25, 0.3) is 5.91 Å². The van der Waals surface area contributed by atoms with Crippen molar-refractivity contribution in [2.75, 3.05) is 0 Å². The molecule has 0 saturated carbocycles. The number of hydrogen-bond acceptors (Lipinski definition) is 3. The molecule has 27 heavy (non-hydrogen) atoms. The minimum atomic E-state index is -0.271. The number of hydrogen-bond donors (Lipinski definition) is 1. The SMILES string of the molecule is O=C(N/N=C\c1ccc(-c2ccc(Cl)cc2)o1)c1cccc2ccccc12. The first-order valence-corrected chi connectivity index (χ1v) is 8.75. The van der Waals surface area contributed by atoms with Crippen LogP contribution in [0.2, 0.25) is 5.02 Å².